The number of anilines is 2. The van der Waals surface area contributed by atoms with Crippen molar-refractivity contribution in [3.8, 4) is 0 Å². The first kappa shape index (κ1) is 14.6. The maximum absolute atomic E-state index is 12.3. The molecule has 0 spiro atoms. The first-order valence-electron chi connectivity index (χ1n) is 6.38. The number of aryl methyl sites for hydroxylation is 1. The van der Waals surface area contributed by atoms with E-state index in [-0.39, 0.29) is 11.7 Å². The van der Waals surface area contributed by atoms with Crippen LogP contribution in [0.2, 0.25) is 0 Å². The average molecular weight is 332 g/mol. The minimum absolute atomic E-state index is 0.0775. The molecule has 3 N–H and O–H groups in total. The molecule has 0 aliphatic carbocycles. The van der Waals surface area contributed by atoms with E-state index in [1.807, 2.05) is 0 Å². The van der Waals surface area contributed by atoms with Gasteiger partial charge in [0.25, 0.3) is 5.91 Å². The third kappa shape index (κ3) is 2.46. The summed E-state index contributed by atoms with van der Waals surface area (Å²) in [5, 5.41) is 5.61. The Labute approximate surface area is 134 Å². The SMILES string of the molecule is CC(=O)c1cc2c(N)c(C(=O)Nc3nccs3)sc2nc1C. The highest BCUT2D eigenvalue weighted by atomic mass is 32.1. The normalized spacial score (nSPS) is 10.8. The van der Waals surface area contributed by atoms with Crippen molar-refractivity contribution < 1.29 is 9.59 Å². The molecule has 0 aromatic carbocycles. The molecule has 0 saturated carbocycles. The van der Waals surface area contributed by atoms with Crippen LogP contribution in [0.1, 0.15) is 32.6 Å². The van der Waals surface area contributed by atoms with Crippen molar-refractivity contribution in [3.05, 3.63) is 33.8 Å². The van der Waals surface area contributed by atoms with Gasteiger partial charge in [0.05, 0.1) is 5.69 Å². The highest BCUT2D eigenvalue weighted by molar-refractivity contribution is 7.21. The van der Waals surface area contributed by atoms with Crippen LogP contribution in [0.15, 0.2) is 17.6 Å². The lowest BCUT2D eigenvalue weighted by atomic mass is 10.1. The van der Waals surface area contributed by atoms with Crippen molar-refractivity contribution in [1.29, 1.82) is 0 Å². The third-order valence-electron chi connectivity index (χ3n) is 3.15. The maximum atomic E-state index is 12.3. The number of thiazole rings is 1. The molecule has 1 amide bonds. The van der Waals surface area contributed by atoms with E-state index in [4.69, 9.17) is 5.73 Å². The lowest BCUT2D eigenvalue weighted by Gasteiger charge is -2.01. The number of fused-ring (bicyclic) bond motifs is 1. The van der Waals surface area contributed by atoms with Gasteiger partial charge in [-0.25, -0.2) is 9.97 Å². The van der Waals surface area contributed by atoms with Gasteiger partial charge >= 0.3 is 0 Å². The molecule has 3 heterocycles. The van der Waals surface area contributed by atoms with E-state index in [1.165, 1.54) is 29.6 Å². The van der Waals surface area contributed by atoms with E-state index >= 15 is 0 Å². The zero-order valence-corrected chi connectivity index (χ0v) is 13.5. The molecule has 0 radical (unpaired) electrons. The zero-order valence-electron chi connectivity index (χ0n) is 11.8. The van der Waals surface area contributed by atoms with Gasteiger partial charge in [-0.15, -0.1) is 22.7 Å². The Morgan fingerprint density at radius 3 is 2.77 bits per heavy atom. The summed E-state index contributed by atoms with van der Waals surface area (Å²) in [7, 11) is 0. The van der Waals surface area contributed by atoms with Crippen LogP contribution in [0, 0.1) is 6.92 Å². The lowest BCUT2D eigenvalue weighted by Crippen LogP contribution is -2.11. The molecule has 0 saturated heterocycles. The largest absolute Gasteiger partial charge is 0.397 e. The highest BCUT2D eigenvalue weighted by Crippen LogP contribution is 2.34. The Morgan fingerprint density at radius 2 is 2.14 bits per heavy atom. The van der Waals surface area contributed by atoms with E-state index in [1.54, 1.807) is 24.6 Å². The number of nitrogens with zero attached hydrogens (tertiary/aromatic N) is 2. The summed E-state index contributed by atoms with van der Waals surface area (Å²) in [6.45, 7) is 3.25. The predicted octanol–water partition coefficient (Wildman–Crippen LogP) is 3.10. The van der Waals surface area contributed by atoms with Gasteiger partial charge in [-0.05, 0) is 19.9 Å². The summed E-state index contributed by atoms with van der Waals surface area (Å²) in [6.07, 6.45) is 1.61. The fraction of sp³-hybridized carbons (Fsp3) is 0.143. The molecule has 3 aromatic heterocycles. The molecule has 0 aliphatic heterocycles. The number of ketones is 1. The number of carbonyl (C=O) groups excluding carboxylic acids is 2. The van der Waals surface area contributed by atoms with Crippen molar-refractivity contribution in [1.82, 2.24) is 9.97 Å². The molecule has 8 heteroatoms. The number of rotatable bonds is 3. The van der Waals surface area contributed by atoms with Crippen molar-refractivity contribution in [2.24, 2.45) is 0 Å². The standard InChI is InChI=1S/C14H12N4O2S2/c1-6-8(7(2)19)5-9-10(15)11(22-13(9)17-6)12(20)18-14-16-3-4-21-14/h3-5H,15H2,1-2H3,(H,16,18,20). The van der Waals surface area contributed by atoms with Crippen molar-refractivity contribution in [2.45, 2.75) is 13.8 Å². The average Bonchev–Trinajstić information content (AvgIpc) is 3.06. The van der Waals surface area contributed by atoms with Gasteiger partial charge < -0.3 is 5.73 Å². The molecule has 0 unspecified atom stereocenters. The van der Waals surface area contributed by atoms with Crippen LogP contribution in [0.4, 0.5) is 10.8 Å². The molecule has 6 nitrogen and oxygen atoms in total. The van der Waals surface area contributed by atoms with Crippen LogP contribution < -0.4 is 11.1 Å². The number of carbonyl (C=O) groups is 2. The minimum atomic E-state index is -0.322. The first-order valence-corrected chi connectivity index (χ1v) is 8.08. The molecule has 112 valence electrons. The second-order valence-electron chi connectivity index (χ2n) is 4.67. The van der Waals surface area contributed by atoms with E-state index in [0.29, 0.717) is 37.2 Å². The molecule has 3 aromatic rings. The van der Waals surface area contributed by atoms with Crippen LogP contribution in [0.25, 0.3) is 10.2 Å². The highest BCUT2D eigenvalue weighted by Gasteiger charge is 2.20. The van der Waals surface area contributed by atoms with Crippen LogP contribution in [0.3, 0.4) is 0 Å². The monoisotopic (exact) mass is 332 g/mol. The summed E-state index contributed by atoms with van der Waals surface area (Å²) in [6, 6.07) is 1.70. The fourth-order valence-corrected chi connectivity index (χ4v) is 3.63. The van der Waals surface area contributed by atoms with Gasteiger partial charge in [0.1, 0.15) is 9.71 Å². The van der Waals surface area contributed by atoms with Gasteiger partial charge in [0.2, 0.25) is 0 Å². The van der Waals surface area contributed by atoms with Gasteiger partial charge in [0, 0.05) is 28.2 Å². The van der Waals surface area contributed by atoms with E-state index in [2.05, 4.69) is 15.3 Å². The smallest absolute Gasteiger partial charge is 0.269 e. The van der Waals surface area contributed by atoms with E-state index < -0.39 is 0 Å². The molecular weight excluding hydrogens is 320 g/mol. The number of nitrogen functional groups attached to an aromatic ring is 1. The number of hydrogen-bond acceptors (Lipinski definition) is 7. The van der Waals surface area contributed by atoms with Crippen LogP contribution in [-0.4, -0.2) is 21.7 Å². The predicted molar refractivity (Wildman–Crippen MR) is 88.8 cm³/mol. The van der Waals surface area contributed by atoms with Crippen molar-refractivity contribution in [2.75, 3.05) is 11.1 Å². The first-order chi connectivity index (χ1) is 10.5. The fourth-order valence-electron chi connectivity index (χ4n) is 2.09. The lowest BCUT2D eigenvalue weighted by molar-refractivity contribution is 0.101. The summed E-state index contributed by atoms with van der Waals surface area (Å²) in [5.41, 5.74) is 7.56. The second-order valence-corrected chi connectivity index (χ2v) is 6.56. The number of amides is 1. The minimum Gasteiger partial charge on any atom is -0.397 e. The zero-order chi connectivity index (χ0) is 15.9. The Balaban J connectivity index is 2.06. The summed E-state index contributed by atoms with van der Waals surface area (Å²) in [5.74, 6) is -0.399. The molecule has 0 atom stereocenters. The Hall–Kier alpha value is -2.32. The van der Waals surface area contributed by atoms with Gasteiger partial charge in [-0.1, -0.05) is 0 Å². The molecule has 0 bridgehead atoms. The molecule has 0 fully saturated rings. The van der Waals surface area contributed by atoms with Crippen LogP contribution in [-0.2, 0) is 0 Å². The van der Waals surface area contributed by atoms with Crippen LogP contribution in [0.5, 0.6) is 0 Å². The number of thiophene rings is 1. The second kappa shape index (κ2) is 5.47. The van der Waals surface area contributed by atoms with Crippen molar-refractivity contribution in [3.63, 3.8) is 0 Å². The number of Topliss-reactive ketones (excluding diaryl/α,β-unsaturated/α-hetero) is 1. The Morgan fingerprint density at radius 1 is 1.36 bits per heavy atom. The number of pyridine rings is 1. The number of hydrogen-bond donors (Lipinski definition) is 2. The number of aromatic nitrogens is 2. The summed E-state index contributed by atoms with van der Waals surface area (Å²) in [4.78, 5) is 33.3. The number of nitrogens with two attached hydrogens (primary N) is 1. The quantitative estimate of drug-likeness (QED) is 0.718. The Kier molecular flexibility index (Phi) is 3.63. The van der Waals surface area contributed by atoms with Gasteiger partial charge in [0.15, 0.2) is 10.9 Å². The maximum Gasteiger partial charge on any atom is 0.269 e. The van der Waals surface area contributed by atoms with E-state index in [9.17, 15) is 9.59 Å². The van der Waals surface area contributed by atoms with Crippen molar-refractivity contribution >= 4 is 55.4 Å². The topological polar surface area (TPSA) is 98.0 Å². The molecular formula is C14H12N4O2S2. The van der Waals surface area contributed by atoms with E-state index in [0.717, 1.165) is 0 Å². The molecule has 0 aliphatic rings. The molecule has 3 rings (SSSR count). The molecule has 22 heavy (non-hydrogen) atoms. The Bertz CT molecular complexity index is 884. The van der Waals surface area contributed by atoms with Gasteiger partial charge in [-0.2, -0.15) is 0 Å². The number of nitrogens with one attached hydrogen (secondary N) is 1. The van der Waals surface area contributed by atoms with Gasteiger partial charge in [-0.3, -0.25) is 14.9 Å². The van der Waals surface area contributed by atoms with Crippen LogP contribution >= 0.6 is 22.7 Å². The summed E-state index contributed by atoms with van der Waals surface area (Å²) >= 11 is 2.53. The summed E-state index contributed by atoms with van der Waals surface area (Å²) < 4.78 is 0. The third-order valence-corrected chi connectivity index (χ3v) is 4.95.